The fraction of sp³-hybridized carbons (Fsp3) is 0.200. The third-order valence-corrected chi connectivity index (χ3v) is 3.74. The Morgan fingerprint density at radius 2 is 1.95 bits per heavy atom. The lowest BCUT2D eigenvalue weighted by atomic mass is 10.2. The molecule has 0 saturated heterocycles. The van der Waals surface area contributed by atoms with Gasteiger partial charge >= 0.3 is 5.97 Å². The minimum atomic E-state index is -0.981. The maximum atomic E-state index is 10.8. The van der Waals surface area contributed by atoms with Crippen molar-refractivity contribution in [2.75, 3.05) is 0 Å². The fourth-order valence-corrected chi connectivity index (χ4v) is 2.70. The summed E-state index contributed by atoms with van der Waals surface area (Å²) in [5, 5.41) is 8.87. The van der Waals surface area contributed by atoms with Gasteiger partial charge in [0, 0.05) is 17.7 Å². The molecule has 3 nitrogen and oxygen atoms in total. The lowest BCUT2D eigenvalue weighted by Crippen LogP contribution is -2.00. The highest BCUT2D eigenvalue weighted by molar-refractivity contribution is 7.97. The Bertz CT molecular complexity index is 584. The molecule has 0 spiro atoms. The van der Waals surface area contributed by atoms with Crippen molar-refractivity contribution in [2.24, 2.45) is 0 Å². The average Bonchev–Trinajstić information content (AvgIpc) is 2.39. The first-order chi connectivity index (χ1) is 9.15. The molecule has 0 unspecified atom stereocenters. The van der Waals surface area contributed by atoms with Crippen LogP contribution in [0.25, 0.3) is 0 Å². The third kappa shape index (κ3) is 4.10. The highest BCUT2D eigenvalue weighted by atomic mass is 32.2. The molecule has 2 aromatic rings. The Hall–Kier alpha value is -1.81. The molecule has 0 atom stereocenters. The summed E-state index contributed by atoms with van der Waals surface area (Å²) >= 11 is 1.77. The number of thioether (sulfide) groups is 1. The lowest BCUT2D eigenvalue weighted by Gasteiger charge is -2.04. The molecule has 19 heavy (non-hydrogen) atoms. The third-order valence-electron chi connectivity index (χ3n) is 2.66. The summed E-state index contributed by atoms with van der Waals surface area (Å²) in [7, 11) is 0. The number of hydrogen-bond acceptors (Lipinski definition) is 3. The summed E-state index contributed by atoms with van der Waals surface area (Å²) in [6.07, 6.45) is 1.55. The van der Waals surface area contributed by atoms with Crippen LogP contribution < -0.4 is 0 Å². The maximum absolute atomic E-state index is 10.8. The van der Waals surface area contributed by atoms with E-state index in [0.717, 1.165) is 17.1 Å². The number of aromatic nitrogens is 1. The van der Waals surface area contributed by atoms with Gasteiger partial charge in [0.2, 0.25) is 0 Å². The molecule has 2 rings (SSSR count). The van der Waals surface area contributed by atoms with Crippen molar-refractivity contribution in [3.63, 3.8) is 0 Å². The van der Waals surface area contributed by atoms with Gasteiger partial charge in [-0.3, -0.25) is 0 Å². The molecule has 0 aliphatic carbocycles. The Balaban J connectivity index is 1.92. The van der Waals surface area contributed by atoms with E-state index >= 15 is 0 Å². The van der Waals surface area contributed by atoms with Gasteiger partial charge < -0.3 is 5.11 Å². The van der Waals surface area contributed by atoms with Gasteiger partial charge in [0.1, 0.15) is 5.69 Å². The van der Waals surface area contributed by atoms with Crippen LogP contribution in [0.3, 0.4) is 0 Å². The van der Waals surface area contributed by atoms with E-state index in [1.165, 1.54) is 11.1 Å². The van der Waals surface area contributed by atoms with Crippen molar-refractivity contribution in [1.29, 1.82) is 0 Å². The van der Waals surface area contributed by atoms with E-state index in [0.29, 0.717) is 0 Å². The van der Waals surface area contributed by atoms with Crippen molar-refractivity contribution in [2.45, 2.75) is 18.4 Å². The van der Waals surface area contributed by atoms with Crippen molar-refractivity contribution in [1.82, 2.24) is 4.98 Å². The summed E-state index contributed by atoms with van der Waals surface area (Å²) in [6, 6.07) is 11.9. The monoisotopic (exact) mass is 273 g/mol. The second-order valence-electron chi connectivity index (χ2n) is 4.34. The zero-order valence-electron chi connectivity index (χ0n) is 10.7. The van der Waals surface area contributed by atoms with Gasteiger partial charge in [-0.25, -0.2) is 9.78 Å². The highest BCUT2D eigenvalue weighted by Gasteiger charge is 2.05. The molecule has 0 amide bonds. The number of rotatable bonds is 5. The molecule has 1 N–H and O–H groups in total. The molecule has 0 aliphatic rings. The first-order valence-corrected chi connectivity index (χ1v) is 7.12. The molecular weight excluding hydrogens is 258 g/mol. The number of carbonyl (C=O) groups is 1. The van der Waals surface area contributed by atoms with Crippen LogP contribution in [0.1, 0.15) is 27.2 Å². The topological polar surface area (TPSA) is 50.2 Å². The quantitative estimate of drug-likeness (QED) is 0.905. The molecule has 0 aliphatic heterocycles. The summed E-state index contributed by atoms with van der Waals surface area (Å²) in [5.41, 5.74) is 3.64. The summed E-state index contributed by atoms with van der Waals surface area (Å²) in [5.74, 6) is 0.730. The van der Waals surface area contributed by atoms with Gasteiger partial charge in [-0.2, -0.15) is 11.8 Å². The van der Waals surface area contributed by atoms with Crippen molar-refractivity contribution < 1.29 is 9.90 Å². The summed E-state index contributed by atoms with van der Waals surface area (Å²) in [4.78, 5) is 14.6. The molecule has 0 fully saturated rings. The van der Waals surface area contributed by atoms with Crippen LogP contribution in [0.2, 0.25) is 0 Å². The number of benzene rings is 1. The first kappa shape index (κ1) is 13.6. The number of aromatic carboxylic acids is 1. The standard InChI is InChI=1S/C15H15NO2S/c1-11-3-2-4-12(7-11)9-19-10-13-5-6-16-14(8-13)15(17)18/h2-8H,9-10H2,1H3,(H,17,18). The number of pyridine rings is 1. The smallest absolute Gasteiger partial charge is 0.354 e. The van der Waals surface area contributed by atoms with E-state index < -0.39 is 5.97 Å². The van der Waals surface area contributed by atoms with Gasteiger partial charge in [0.25, 0.3) is 0 Å². The van der Waals surface area contributed by atoms with Gasteiger partial charge in [-0.1, -0.05) is 29.8 Å². The zero-order valence-corrected chi connectivity index (χ0v) is 11.5. The van der Waals surface area contributed by atoms with Crippen LogP contribution in [0.4, 0.5) is 0 Å². The molecule has 1 aromatic carbocycles. The highest BCUT2D eigenvalue weighted by Crippen LogP contribution is 2.18. The van der Waals surface area contributed by atoms with Crippen LogP contribution in [0.15, 0.2) is 42.6 Å². The Morgan fingerprint density at radius 1 is 1.21 bits per heavy atom. The normalized spacial score (nSPS) is 10.4. The predicted octanol–water partition coefficient (Wildman–Crippen LogP) is 3.52. The second kappa shape index (κ2) is 6.38. The van der Waals surface area contributed by atoms with Gasteiger partial charge in [0.15, 0.2) is 0 Å². The number of nitrogens with zero attached hydrogens (tertiary/aromatic N) is 1. The van der Waals surface area contributed by atoms with Gasteiger partial charge in [0.05, 0.1) is 0 Å². The molecule has 98 valence electrons. The van der Waals surface area contributed by atoms with E-state index in [1.807, 2.05) is 6.07 Å². The van der Waals surface area contributed by atoms with E-state index in [-0.39, 0.29) is 5.69 Å². The average molecular weight is 273 g/mol. The van der Waals surface area contributed by atoms with Gasteiger partial charge in [-0.15, -0.1) is 0 Å². The number of hydrogen-bond donors (Lipinski definition) is 1. The number of carboxylic acid groups (broad SMARTS) is 1. The fourth-order valence-electron chi connectivity index (χ4n) is 1.77. The van der Waals surface area contributed by atoms with E-state index in [1.54, 1.807) is 24.0 Å². The molecule has 1 heterocycles. The van der Waals surface area contributed by atoms with Gasteiger partial charge in [-0.05, 0) is 30.2 Å². The minimum Gasteiger partial charge on any atom is -0.477 e. The first-order valence-electron chi connectivity index (χ1n) is 5.96. The van der Waals surface area contributed by atoms with Crippen LogP contribution in [-0.4, -0.2) is 16.1 Å². The molecule has 0 saturated carbocycles. The summed E-state index contributed by atoms with van der Waals surface area (Å²) < 4.78 is 0. The van der Waals surface area contributed by atoms with E-state index in [9.17, 15) is 4.79 Å². The van der Waals surface area contributed by atoms with Crippen molar-refractivity contribution >= 4 is 17.7 Å². The predicted molar refractivity (Wildman–Crippen MR) is 77.4 cm³/mol. The maximum Gasteiger partial charge on any atom is 0.354 e. The second-order valence-corrected chi connectivity index (χ2v) is 5.32. The minimum absolute atomic E-state index is 0.105. The Labute approximate surface area is 116 Å². The number of aryl methyl sites for hydroxylation is 1. The van der Waals surface area contributed by atoms with Crippen LogP contribution in [-0.2, 0) is 11.5 Å². The molecule has 0 bridgehead atoms. The number of carboxylic acids is 1. The molecular formula is C15H15NO2S. The molecule has 4 heteroatoms. The SMILES string of the molecule is Cc1cccc(CSCc2ccnc(C(=O)O)c2)c1. The Kier molecular flexibility index (Phi) is 4.58. The van der Waals surface area contributed by atoms with E-state index in [2.05, 4.69) is 36.2 Å². The largest absolute Gasteiger partial charge is 0.477 e. The van der Waals surface area contributed by atoms with E-state index in [4.69, 9.17) is 5.11 Å². The Morgan fingerprint density at radius 3 is 2.63 bits per heavy atom. The summed E-state index contributed by atoms with van der Waals surface area (Å²) in [6.45, 7) is 2.08. The zero-order chi connectivity index (χ0) is 13.7. The van der Waals surface area contributed by atoms with Crippen LogP contribution in [0.5, 0.6) is 0 Å². The van der Waals surface area contributed by atoms with Crippen molar-refractivity contribution in [3.8, 4) is 0 Å². The molecule has 0 radical (unpaired) electrons. The van der Waals surface area contributed by atoms with Crippen molar-refractivity contribution in [3.05, 3.63) is 65.0 Å². The molecule has 1 aromatic heterocycles. The van der Waals surface area contributed by atoms with Crippen LogP contribution in [0, 0.1) is 6.92 Å². The lowest BCUT2D eigenvalue weighted by molar-refractivity contribution is 0.0690. The van der Waals surface area contributed by atoms with Crippen LogP contribution >= 0.6 is 11.8 Å².